The SMILES string of the molecule is CC.CCC1(CCNCC(F)(F)F)CN(CC(=O)Nc2ccc3c(c2)CC2(C3)C(=O)Nc3ncccc32)c2ccccc21. The summed E-state index contributed by atoms with van der Waals surface area (Å²) < 4.78 is 37.9. The summed E-state index contributed by atoms with van der Waals surface area (Å²) in [7, 11) is 0. The van der Waals surface area contributed by atoms with Crippen LogP contribution in [-0.2, 0) is 33.3 Å². The standard InChI is InChI=1S/C31H32F3N5O2.C2H6/c1-2-29(11-13-35-18-31(32,33)34)19-39(25-8-4-3-6-23(25)29)17-26(40)37-22-10-9-20-15-30(16-21(20)14-22)24-7-5-12-36-27(24)38-28(30)41;1-2/h3-10,12,14,35H,2,11,13,15-19H2,1H3,(H,37,40)(H,36,38,41);1-2H3. The number of halogens is 3. The molecule has 6 rings (SSSR count). The van der Waals surface area contributed by atoms with Gasteiger partial charge in [-0.25, -0.2) is 4.98 Å². The lowest BCUT2D eigenvalue weighted by atomic mass is 9.77. The number of para-hydroxylation sites is 1. The zero-order chi connectivity index (χ0) is 30.8. The quantitative estimate of drug-likeness (QED) is 0.290. The third-order valence-corrected chi connectivity index (χ3v) is 8.89. The first-order valence-corrected chi connectivity index (χ1v) is 14.9. The molecule has 2 aliphatic heterocycles. The Balaban J connectivity index is 0.00000180. The van der Waals surface area contributed by atoms with E-state index in [0.29, 0.717) is 37.3 Å². The maximum atomic E-state index is 13.3. The van der Waals surface area contributed by atoms with Crippen molar-refractivity contribution in [3.8, 4) is 0 Å². The Kier molecular flexibility index (Phi) is 8.51. The molecular formula is C33H38F3N5O2. The minimum absolute atomic E-state index is 0.0475. The van der Waals surface area contributed by atoms with E-state index >= 15 is 0 Å². The fourth-order valence-electron chi connectivity index (χ4n) is 6.84. The van der Waals surface area contributed by atoms with Gasteiger partial charge in [0.1, 0.15) is 5.82 Å². The maximum absolute atomic E-state index is 13.3. The lowest BCUT2D eigenvalue weighted by Gasteiger charge is -2.30. The van der Waals surface area contributed by atoms with Gasteiger partial charge in [0.15, 0.2) is 0 Å². The fraction of sp³-hybridized carbons (Fsp3) is 0.424. The summed E-state index contributed by atoms with van der Waals surface area (Å²) in [5.74, 6) is 0.389. The van der Waals surface area contributed by atoms with Gasteiger partial charge in [0.2, 0.25) is 11.8 Å². The molecule has 43 heavy (non-hydrogen) atoms. The van der Waals surface area contributed by atoms with E-state index in [9.17, 15) is 22.8 Å². The Hall–Kier alpha value is -3.92. The maximum Gasteiger partial charge on any atom is 0.401 e. The minimum atomic E-state index is -4.25. The molecule has 0 radical (unpaired) electrons. The summed E-state index contributed by atoms with van der Waals surface area (Å²) in [6.45, 7) is 5.93. The Bertz CT molecular complexity index is 1510. The summed E-state index contributed by atoms with van der Waals surface area (Å²) >= 11 is 0. The Morgan fingerprint density at radius 2 is 1.79 bits per heavy atom. The van der Waals surface area contributed by atoms with Crippen LogP contribution in [-0.4, -0.2) is 49.2 Å². The second kappa shape index (κ2) is 12.0. The van der Waals surface area contributed by atoms with Crippen LogP contribution in [0.2, 0.25) is 0 Å². The zero-order valence-corrected chi connectivity index (χ0v) is 24.8. The number of fused-ring (bicyclic) bond motifs is 4. The normalized spacial score (nSPS) is 21.5. The van der Waals surface area contributed by atoms with Crippen LogP contribution in [0.25, 0.3) is 0 Å². The number of aromatic nitrogens is 1. The number of pyridine rings is 1. The highest BCUT2D eigenvalue weighted by molar-refractivity contribution is 6.06. The van der Waals surface area contributed by atoms with Crippen molar-refractivity contribution >= 4 is 29.0 Å². The van der Waals surface area contributed by atoms with Crippen molar-refractivity contribution in [1.29, 1.82) is 0 Å². The van der Waals surface area contributed by atoms with Gasteiger partial charge in [-0.05, 0) is 73.2 Å². The molecule has 0 saturated heterocycles. The van der Waals surface area contributed by atoms with Crippen molar-refractivity contribution in [2.75, 3.05) is 41.7 Å². The van der Waals surface area contributed by atoms with Gasteiger partial charge in [0, 0.05) is 35.1 Å². The smallest absolute Gasteiger partial charge is 0.361 e. The summed E-state index contributed by atoms with van der Waals surface area (Å²) in [4.78, 5) is 32.6. The van der Waals surface area contributed by atoms with Crippen molar-refractivity contribution in [2.24, 2.45) is 0 Å². The number of amides is 2. The second-order valence-corrected chi connectivity index (χ2v) is 11.4. The van der Waals surface area contributed by atoms with Gasteiger partial charge in [0.25, 0.3) is 0 Å². The first kappa shape index (κ1) is 30.5. The van der Waals surface area contributed by atoms with Gasteiger partial charge in [-0.2, -0.15) is 13.2 Å². The topological polar surface area (TPSA) is 86.4 Å². The molecule has 7 nitrogen and oxygen atoms in total. The van der Waals surface area contributed by atoms with Crippen molar-refractivity contribution in [1.82, 2.24) is 10.3 Å². The van der Waals surface area contributed by atoms with Crippen LogP contribution in [0.5, 0.6) is 0 Å². The molecule has 2 aromatic carbocycles. The predicted molar refractivity (Wildman–Crippen MR) is 163 cm³/mol. The molecule has 0 fully saturated rings. The van der Waals surface area contributed by atoms with Gasteiger partial charge >= 0.3 is 6.18 Å². The van der Waals surface area contributed by atoms with E-state index in [-0.39, 0.29) is 30.3 Å². The fourth-order valence-corrected chi connectivity index (χ4v) is 6.84. The molecule has 0 bridgehead atoms. The molecule has 228 valence electrons. The van der Waals surface area contributed by atoms with Crippen LogP contribution in [0.3, 0.4) is 0 Å². The van der Waals surface area contributed by atoms with Crippen LogP contribution in [0, 0.1) is 0 Å². The molecule has 2 amide bonds. The number of anilines is 3. The third-order valence-electron chi connectivity index (χ3n) is 8.89. The number of rotatable bonds is 8. The predicted octanol–water partition coefficient (Wildman–Crippen LogP) is 5.75. The highest BCUT2D eigenvalue weighted by Crippen LogP contribution is 2.47. The molecule has 3 heterocycles. The number of hydrogen-bond donors (Lipinski definition) is 3. The van der Waals surface area contributed by atoms with Gasteiger partial charge in [-0.15, -0.1) is 0 Å². The molecule has 1 spiro atoms. The van der Waals surface area contributed by atoms with Crippen LogP contribution >= 0.6 is 0 Å². The molecular weight excluding hydrogens is 555 g/mol. The van der Waals surface area contributed by atoms with E-state index < -0.39 is 18.1 Å². The monoisotopic (exact) mass is 593 g/mol. The van der Waals surface area contributed by atoms with Crippen molar-refractivity contribution in [3.63, 3.8) is 0 Å². The Morgan fingerprint density at radius 1 is 1.05 bits per heavy atom. The van der Waals surface area contributed by atoms with Crippen molar-refractivity contribution in [2.45, 2.75) is 63.5 Å². The molecule has 0 saturated carbocycles. The molecule has 3 aromatic rings. The number of carbonyl (C=O) groups excluding carboxylic acids is 2. The molecule has 1 aromatic heterocycles. The van der Waals surface area contributed by atoms with Crippen LogP contribution in [0.15, 0.2) is 60.8 Å². The zero-order valence-electron chi connectivity index (χ0n) is 24.8. The van der Waals surface area contributed by atoms with Crippen molar-refractivity contribution in [3.05, 3.63) is 83.0 Å². The number of nitrogens with one attached hydrogen (secondary N) is 3. The molecule has 10 heteroatoms. The van der Waals surface area contributed by atoms with Gasteiger partial charge in [-0.1, -0.05) is 51.1 Å². The second-order valence-electron chi connectivity index (χ2n) is 11.4. The summed E-state index contributed by atoms with van der Waals surface area (Å²) in [6.07, 6.45) is -0.176. The van der Waals surface area contributed by atoms with E-state index in [4.69, 9.17) is 0 Å². The van der Waals surface area contributed by atoms with E-state index in [1.165, 1.54) is 0 Å². The molecule has 3 N–H and O–H groups in total. The molecule has 3 aliphatic rings. The lowest BCUT2D eigenvalue weighted by molar-refractivity contribution is -0.125. The molecule has 1 aliphatic carbocycles. The highest BCUT2D eigenvalue weighted by atomic mass is 19.4. The Morgan fingerprint density at radius 3 is 2.56 bits per heavy atom. The van der Waals surface area contributed by atoms with Crippen molar-refractivity contribution < 1.29 is 22.8 Å². The lowest BCUT2D eigenvalue weighted by Crippen LogP contribution is -2.40. The van der Waals surface area contributed by atoms with E-state index in [0.717, 1.165) is 34.4 Å². The Labute approximate surface area is 250 Å². The van der Waals surface area contributed by atoms with E-state index in [1.807, 2.05) is 80.3 Å². The first-order valence-electron chi connectivity index (χ1n) is 14.9. The van der Waals surface area contributed by atoms with Gasteiger partial charge < -0.3 is 20.9 Å². The number of benzene rings is 2. The first-order chi connectivity index (χ1) is 20.6. The van der Waals surface area contributed by atoms with Crippen LogP contribution in [0.1, 0.15) is 55.9 Å². The summed E-state index contributed by atoms with van der Waals surface area (Å²) in [5.41, 5.74) is 4.67. The number of carbonyl (C=O) groups is 2. The summed E-state index contributed by atoms with van der Waals surface area (Å²) in [5, 5.41) is 8.46. The van der Waals surface area contributed by atoms with Gasteiger partial charge in [0.05, 0.1) is 18.5 Å². The third kappa shape index (κ3) is 5.85. The summed E-state index contributed by atoms with van der Waals surface area (Å²) in [6, 6.07) is 17.4. The largest absolute Gasteiger partial charge is 0.401 e. The van der Waals surface area contributed by atoms with E-state index in [2.05, 4.69) is 20.9 Å². The number of nitrogens with zero attached hydrogens (tertiary/aromatic N) is 2. The molecule has 2 unspecified atom stereocenters. The van der Waals surface area contributed by atoms with Crippen LogP contribution in [0.4, 0.5) is 30.4 Å². The molecule has 2 atom stereocenters. The number of hydrogen-bond acceptors (Lipinski definition) is 5. The van der Waals surface area contributed by atoms with Gasteiger partial charge in [-0.3, -0.25) is 9.59 Å². The average molecular weight is 594 g/mol. The van der Waals surface area contributed by atoms with E-state index in [1.54, 1.807) is 6.20 Å². The minimum Gasteiger partial charge on any atom is -0.361 e. The average Bonchev–Trinajstić information content (AvgIpc) is 3.62. The highest BCUT2D eigenvalue weighted by Gasteiger charge is 2.51. The van der Waals surface area contributed by atoms with Crippen LogP contribution < -0.4 is 20.9 Å². The number of alkyl halides is 3.